The van der Waals surface area contributed by atoms with Gasteiger partial charge in [0.2, 0.25) is 0 Å². The number of carbonyl (C=O) groups is 1. The van der Waals surface area contributed by atoms with Gasteiger partial charge in [-0.25, -0.2) is 0 Å². The number of halogens is 3. The summed E-state index contributed by atoms with van der Waals surface area (Å²) in [6.07, 6.45) is 0.509. The lowest BCUT2D eigenvalue weighted by molar-refractivity contribution is -0.138. The lowest BCUT2D eigenvalue weighted by Crippen LogP contribution is -2.00. The lowest BCUT2D eigenvalue weighted by atomic mass is 10.1. The Morgan fingerprint density at radius 1 is 1.41 bits per heavy atom. The molecule has 92 valence electrons. The van der Waals surface area contributed by atoms with Crippen molar-refractivity contribution in [1.29, 1.82) is 0 Å². The van der Waals surface area contributed by atoms with E-state index in [1.807, 2.05) is 0 Å². The Morgan fingerprint density at radius 3 is 2.65 bits per heavy atom. The highest BCUT2D eigenvalue weighted by Crippen LogP contribution is 2.48. The third-order valence-electron chi connectivity index (χ3n) is 2.63. The van der Waals surface area contributed by atoms with E-state index in [2.05, 4.69) is 0 Å². The van der Waals surface area contributed by atoms with Gasteiger partial charge in [0, 0.05) is 4.90 Å². The summed E-state index contributed by atoms with van der Waals surface area (Å²) in [6, 6.07) is 6.00. The summed E-state index contributed by atoms with van der Waals surface area (Å²) >= 11 is -0.178. The Bertz CT molecular complexity index is 445. The van der Waals surface area contributed by atoms with Crippen molar-refractivity contribution in [2.45, 2.75) is 22.7 Å². The van der Waals surface area contributed by atoms with Gasteiger partial charge in [0.15, 0.2) is 0 Å². The predicted octanol–water partition coefficient (Wildman–Crippen LogP) is 3.49. The fourth-order valence-corrected chi connectivity index (χ4v) is 2.39. The molecule has 1 saturated carbocycles. The van der Waals surface area contributed by atoms with Crippen molar-refractivity contribution in [2.75, 3.05) is 0 Å². The molecule has 2 rings (SSSR count). The standard InChI is InChI=1S/C11H9F3O2S/c12-11(13,14)17-7-3-1-2-6(4-7)8-5-9(8)10(15)16/h1-4,8-9H,5H2,(H,15,16). The topological polar surface area (TPSA) is 37.3 Å². The molecule has 0 bridgehead atoms. The molecule has 1 fully saturated rings. The first-order chi connectivity index (χ1) is 7.87. The molecule has 1 aliphatic rings. The molecular formula is C11H9F3O2S. The number of benzene rings is 1. The zero-order chi connectivity index (χ0) is 12.6. The molecule has 0 amide bonds. The molecule has 17 heavy (non-hydrogen) atoms. The molecule has 0 saturated heterocycles. The van der Waals surface area contributed by atoms with Gasteiger partial charge in [-0.15, -0.1) is 0 Å². The van der Waals surface area contributed by atoms with Gasteiger partial charge >= 0.3 is 11.5 Å². The first kappa shape index (κ1) is 12.3. The monoisotopic (exact) mass is 262 g/mol. The Balaban J connectivity index is 2.11. The second-order valence-electron chi connectivity index (χ2n) is 3.91. The molecule has 6 heteroatoms. The third-order valence-corrected chi connectivity index (χ3v) is 3.35. The number of carboxylic acids is 1. The molecular weight excluding hydrogens is 253 g/mol. The van der Waals surface area contributed by atoms with E-state index in [0.29, 0.717) is 12.0 Å². The summed E-state index contributed by atoms with van der Waals surface area (Å²) in [4.78, 5) is 10.8. The van der Waals surface area contributed by atoms with Crippen molar-refractivity contribution < 1.29 is 23.1 Å². The van der Waals surface area contributed by atoms with Crippen LogP contribution in [-0.2, 0) is 4.79 Å². The fourth-order valence-electron chi connectivity index (χ4n) is 1.78. The van der Waals surface area contributed by atoms with Gasteiger partial charge in [-0.1, -0.05) is 12.1 Å². The minimum absolute atomic E-state index is 0.103. The van der Waals surface area contributed by atoms with Gasteiger partial charge in [0.05, 0.1) is 5.92 Å². The lowest BCUT2D eigenvalue weighted by Gasteiger charge is -2.07. The van der Waals surface area contributed by atoms with E-state index >= 15 is 0 Å². The van der Waals surface area contributed by atoms with Gasteiger partial charge in [-0.3, -0.25) is 4.79 Å². The summed E-state index contributed by atoms with van der Waals surface area (Å²) < 4.78 is 36.5. The van der Waals surface area contributed by atoms with Crippen LogP contribution >= 0.6 is 11.8 Å². The Hall–Kier alpha value is -1.17. The van der Waals surface area contributed by atoms with Gasteiger partial charge in [0.1, 0.15) is 0 Å². The number of carboxylic acid groups (broad SMARTS) is 1. The van der Waals surface area contributed by atoms with Crippen molar-refractivity contribution in [3.8, 4) is 0 Å². The van der Waals surface area contributed by atoms with Gasteiger partial charge in [0.25, 0.3) is 0 Å². The molecule has 1 aromatic carbocycles. The summed E-state index contributed by atoms with van der Waals surface area (Å²) in [6.45, 7) is 0. The van der Waals surface area contributed by atoms with Crippen LogP contribution in [0.25, 0.3) is 0 Å². The van der Waals surface area contributed by atoms with E-state index in [9.17, 15) is 18.0 Å². The van der Waals surface area contributed by atoms with Crippen LogP contribution in [0, 0.1) is 5.92 Å². The molecule has 0 radical (unpaired) electrons. The number of thioether (sulfide) groups is 1. The van der Waals surface area contributed by atoms with Gasteiger partial charge in [-0.2, -0.15) is 13.2 Å². The third kappa shape index (κ3) is 3.15. The van der Waals surface area contributed by atoms with E-state index in [1.54, 1.807) is 6.07 Å². The fraction of sp³-hybridized carbons (Fsp3) is 0.364. The molecule has 0 aliphatic heterocycles. The van der Waals surface area contributed by atoms with Crippen LogP contribution < -0.4 is 0 Å². The van der Waals surface area contributed by atoms with Crippen LogP contribution in [0.4, 0.5) is 13.2 Å². The zero-order valence-corrected chi connectivity index (χ0v) is 9.39. The highest BCUT2D eigenvalue weighted by Gasteiger charge is 2.44. The van der Waals surface area contributed by atoms with E-state index in [1.165, 1.54) is 18.2 Å². The Labute approximate surface area is 99.8 Å². The Kier molecular flexibility index (Phi) is 3.07. The van der Waals surface area contributed by atoms with Crippen LogP contribution in [0.1, 0.15) is 17.9 Å². The van der Waals surface area contributed by atoms with Crippen molar-refractivity contribution >= 4 is 17.7 Å². The van der Waals surface area contributed by atoms with E-state index < -0.39 is 17.4 Å². The van der Waals surface area contributed by atoms with Crippen LogP contribution in [0.3, 0.4) is 0 Å². The first-order valence-corrected chi connectivity index (χ1v) is 5.77. The number of rotatable bonds is 3. The number of hydrogen-bond acceptors (Lipinski definition) is 2. The van der Waals surface area contributed by atoms with Crippen LogP contribution in [0.5, 0.6) is 0 Å². The SMILES string of the molecule is O=C(O)C1CC1c1cccc(SC(F)(F)F)c1. The number of alkyl halides is 3. The molecule has 2 unspecified atom stereocenters. The summed E-state index contributed by atoms with van der Waals surface area (Å²) in [5, 5.41) is 8.76. The molecule has 0 spiro atoms. The number of aliphatic carboxylic acids is 1. The highest BCUT2D eigenvalue weighted by molar-refractivity contribution is 8.00. The highest BCUT2D eigenvalue weighted by atomic mass is 32.2. The summed E-state index contributed by atoms with van der Waals surface area (Å²) in [5.74, 6) is -1.47. The van der Waals surface area contributed by atoms with Crippen molar-refractivity contribution in [2.24, 2.45) is 5.92 Å². The zero-order valence-electron chi connectivity index (χ0n) is 8.57. The van der Waals surface area contributed by atoms with Crippen molar-refractivity contribution in [1.82, 2.24) is 0 Å². The van der Waals surface area contributed by atoms with Crippen LogP contribution in [-0.4, -0.2) is 16.6 Å². The minimum Gasteiger partial charge on any atom is -0.481 e. The predicted molar refractivity (Wildman–Crippen MR) is 56.8 cm³/mol. The van der Waals surface area contributed by atoms with E-state index in [0.717, 1.165) is 0 Å². The molecule has 2 nitrogen and oxygen atoms in total. The second kappa shape index (κ2) is 4.25. The Morgan fingerprint density at radius 2 is 2.12 bits per heavy atom. The molecule has 1 aliphatic carbocycles. The van der Waals surface area contributed by atoms with Gasteiger partial charge in [-0.05, 0) is 41.8 Å². The van der Waals surface area contributed by atoms with E-state index in [4.69, 9.17) is 5.11 Å². The van der Waals surface area contributed by atoms with E-state index in [-0.39, 0.29) is 22.6 Å². The molecule has 1 aromatic rings. The average molecular weight is 262 g/mol. The summed E-state index contributed by atoms with van der Waals surface area (Å²) in [7, 11) is 0. The van der Waals surface area contributed by atoms with Gasteiger partial charge < -0.3 is 5.11 Å². The molecule has 1 N–H and O–H groups in total. The average Bonchev–Trinajstić information content (AvgIpc) is 2.94. The van der Waals surface area contributed by atoms with Crippen LogP contribution in [0.15, 0.2) is 29.2 Å². The largest absolute Gasteiger partial charge is 0.481 e. The summed E-state index contributed by atoms with van der Waals surface area (Å²) in [5.41, 5.74) is -3.64. The quantitative estimate of drug-likeness (QED) is 0.847. The van der Waals surface area contributed by atoms with Crippen molar-refractivity contribution in [3.63, 3.8) is 0 Å². The maximum Gasteiger partial charge on any atom is 0.446 e. The number of hydrogen-bond donors (Lipinski definition) is 1. The first-order valence-electron chi connectivity index (χ1n) is 4.95. The molecule has 2 atom stereocenters. The maximum absolute atomic E-state index is 12.2. The maximum atomic E-state index is 12.2. The molecule has 0 aromatic heterocycles. The van der Waals surface area contributed by atoms with Crippen molar-refractivity contribution in [3.05, 3.63) is 29.8 Å². The minimum atomic E-state index is -4.31. The smallest absolute Gasteiger partial charge is 0.446 e. The normalized spacial score (nSPS) is 23.5. The van der Waals surface area contributed by atoms with Crippen LogP contribution in [0.2, 0.25) is 0 Å². The second-order valence-corrected chi connectivity index (χ2v) is 5.05. The molecule has 0 heterocycles.